The molecule has 2 aromatic heterocycles. The van der Waals surface area contributed by atoms with Crippen molar-refractivity contribution in [1.29, 1.82) is 0 Å². The van der Waals surface area contributed by atoms with E-state index >= 15 is 0 Å². The molecule has 1 saturated heterocycles. The van der Waals surface area contributed by atoms with Gasteiger partial charge < -0.3 is 9.80 Å². The third-order valence-electron chi connectivity index (χ3n) is 4.73. The highest BCUT2D eigenvalue weighted by Crippen LogP contribution is 2.34. The van der Waals surface area contributed by atoms with Crippen molar-refractivity contribution in [2.75, 3.05) is 25.0 Å². The van der Waals surface area contributed by atoms with Crippen molar-refractivity contribution < 1.29 is 18.0 Å². The van der Waals surface area contributed by atoms with Gasteiger partial charge in [-0.3, -0.25) is 9.48 Å². The van der Waals surface area contributed by atoms with Gasteiger partial charge in [0.15, 0.2) is 0 Å². The molecule has 1 fully saturated rings. The molecule has 27 heavy (non-hydrogen) atoms. The van der Waals surface area contributed by atoms with E-state index < -0.39 is 11.7 Å². The van der Waals surface area contributed by atoms with Crippen molar-refractivity contribution in [1.82, 2.24) is 19.7 Å². The van der Waals surface area contributed by atoms with Crippen LogP contribution in [0.3, 0.4) is 0 Å². The molecule has 0 spiro atoms. The van der Waals surface area contributed by atoms with Gasteiger partial charge in [0.25, 0.3) is 5.91 Å². The predicted octanol–water partition coefficient (Wildman–Crippen LogP) is 3.23. The number of rotatable bonds is 3. The van der Waals surface area contributed by atoms with Crippen LogP contribution < -0.4 is 4.90 Å². The smallest absolute Gasteiger partial charge is 0.355 e. The maximum Gasteiger partial charge on any atom is 0.417 e. The van der Waals surface area contributed by atoms with Gasteiger partial charge in [-0.25, -0.2) is 4.98 Å². The van der Waals surface area contributed by atoms with Gasteiger partial charge in [-0.1, -0.05) is 11.6 Å². The van der Waals surface area contributed by atoms with E-state index in [1.807, 2.05) is 4.90 Å². The second-order valence-corrected chi connectivity index (χ2v) is 6.97. The van der Waals surface area contributed by atoms with E-state index in [-0.39, 0.29) is 17.0 Å². The number of hydrogen-bond donors (Lipinski definition) is 0. The Balaban J connectivity index is 1.64. The predicted molar refractivity (Wildman–Crippen MR) is 94.8 cm³/mol. The van der Waals surface area contributed by atoms with Gasteiger partial charge in [0.1, 0.15) is 5.82 Å². The number of halogens is 4. The van der Waals surface area contributed by atoms with E-state index in [1.54, 1.807) is 29.9 Å². The number of carbonyl (C=O) groups is 1. The first-order valence-electron chi connectivity index (χ1n) is 8.40. The first kappa shape index (κ1) is 19.5. The Labute approximate surface area is 159 Å². The van der Waals surface area contributed by atoms with Crippen molar-refractivity contribution in [3.05, 3.63) is 40.8 Å². The molecule has 0 unspecified atom stereocenters. The number of pyridine rings is 1. The Morgan fingerprint density at radius 1 is 1.30 bits per heavy atom. The molecule has 0 radical (unpaired) electrons. The Hall–Kier alpha value is -2.29. The quantitative estimate of drug-likeness (QED) is 0.792. The average Bonchev–Trinajstić information content (AvgIpc) is 3.06. The second kappa shape index (κ2) is 7.38. The van der Waals surface area contributed by atoms with Crippen LogP contribution in [0.25, 0.3) is 0 Å². The number of hydrogen-bond acceptors (Lipinski definition) is 4. The van der Waals surface area contributed by atoms with E-state index in [1.165, 1.54) is 6.20 Å². The SMILES string of the molecule is CN(C(=O)c1cnn(C)c1)C1CCN(c2ncc(C(F)(F)F)cc2Cl)CC1. The van der Waals surface area contributed by atoms with E-state index in [4.69, 9.17) is 11.6 Å². The fourth-order valence-electron chi connectivity index (χ4n) is 3.18. The summed E-state index contributed by atoms with van der Waals surface area (Å²) in [6.07, 6.45) is 0.853. The molecule has 1 aliphatic rings. The topological polar surface area (TPSA) is 54.3 Å². The zero-order chi connectivity index (χ0) is 19.8. The van der Waals surface area contributed by atoms with Crippen molar-refractivity contribution >= 4 is 23.3 Å². The van der Waals surface area contributed by atoms with Crippen LogP contribution in [0.4, 0.5) is 19.0 Å². The molecule has 2 aromatic rings. The van der Waals surface area contributed by atoms with Gasteiger partial charge in [-0.05, 0) is 18.9 Å². The van der Waals surface area contributed by atoms with Gasteiger partial charge in [0.05, 0.1) is 22.3 Å². The minimum atomic E-state index is -4.47. The molecule has 6 nitrogen and oxygen atoms in total. The molecule has 0 atom stereocenters. The van der Waals surface area contributed by atoms with Crippen LogP contribution in [0.15, 0.2) is 24.7 Å². The lowest BCUT2D eigenvalue weighted by molar-refractivity contribution is -0.137. The van der Waals surface area contributed by atoms with E-state index in [2.05, 4.69) is 10.1 Å². The highest BCUT2D eigenvalue weighted by molar-refractivity contribution is 6.33. The summed E-state index contributed by atoms with van der Waals surface area (Å²) >= 11 is 6.02. The van der Waals surface area contributed by atoms with Gasteiger partial charge in [0, 0.05) is 45.6 Å². The van der Waals surface area contributed by atoms with Crippen LogP contribution in [-0.2, 0) is 13.2 Å². The minimum absolute atomic E-state index is 0.0249. The summed E-state index contributed by atoms with van der Waals surface area (Å²) in [6.45, 7) is 1.10. The van der Waals surface area contributed by atoms with Crippen molar-refractivity contribution in [3.63, 3.8) is 0 Å². The molecule has 3 heterocycles. The molecule has 10 heteroatoms. The lowest BCUT2D eigenvalue weighted by Crippen LogP contribution is -2.46. The first-order chi connectivity index (χ1) is 12.7. The lowest BCUT2D eigenvalue weighted by atomic mass is 10.0. The van der Waals surface area contributed by atoms with Crippen molar-refractivity contribution in [2.24, 2.45) is 7.05 Å². The molecule has 3 rings (SSSR count). The molecule has 0 bridgehead atoms. The standard InChI is InChI=1S/C17H19ClF3N5O/c1-24-10-11(8-23-24)16(27)25(2)13-3-5-26(6-4-13)15-14(18)7-12(9-22-15)17(19,20)21/h7-10,13H,3-6H2,1-2H3. The Bertz CT molecular complexity index is 830. The maximum absolute atomic E-state index is 12.7. The minimum Gasteiger partial charge on any atom is -0.355 e. The summed E-state index contributed by atoms with van der Waals surface area (Å²) in [5.74, 6) is 0.233. The number of nitrogens with zero attached hydrogens (tertiary/aromatic N) is 5. The molecule has 0 N–H and O–H groups in total. The Morgan fingerprint density at radius 2 is 1.96 bits per heavy atom. The summed E-state index contributed by atoms with van der Waals surface area (Å²) in [6, 6.07) is 0.927. The van der Waals surface area contributed by atoms with Crippen molar-refractivity contribution in [2.45, 2.75) is 25.1 Å². The molecule has 146 valence electrons. The number of piperidine rings is 1. The number of anilines is 1. The summed E-state index contributed by atoms with van der Waals surface area (Å²) in [4.78, 5) is 20.0. The summed E-state index contributed by atoms with van der Waals surface area (Å²) in [5, 5.41) is 3.98. The first-order valence-corrected chi connectivity index (χ1v) is 8.78. The van der Waals surface area contributed by atoms with Crippen LogP contribution in [0.2, 0.25) is 5.02 Å². The third-order valence-corrected chi connectivity index (χ3v) is 5.01. The number of aromatic nitrogens is 3. The molecular weight excluding hydrogens is 383 g/mol. The van der Waals surface area contributed by atoms with E-state index in [0.29, 0.717) is 37.3 Å². The molecule has 0 aromatic carbocycles. The van der Waals surface area contributed by atoms with Crippen LogP contribution in [0.5, 0.6) is 0 Å². The average molecular weight is 402 g/mol. The van der Waals surface area contributed by atoms with E-state index in [9.17, 15) is 18.0 Å². The van der Waals surface area contributed by atoms with Crippen LogP contribution in [0, 0.1) is 0 Å². The highest BCUT2D eigenvalue weighted by Gasteiger charge is 2.33. The largest absolute Gasteiger partial charge is 0.417 e. The van der Waals surface area contributed by atoms with Crippen LogP contribution in [-0.4, -0.2) is 51.8 Å². The Morgan fingerprint density at radius 3 is 2.48 bits per heavy atom. The van der Waals surface area contributed by atoms with Gasteiger partial charge in [-0.15, -0.1) is 0 Å². The normalized spacial score (nSPS) is 15.9. The molecule has 1 amide bonds. The van der Waals surface area contributed by atoms with Crippen LogP contribution in [0.1, 0.15) is 28.8 Å². The Kier molecular flexibility index (Phi) is 5.32. The highest BCUT2D eigenvalue weighted by atomic mass is 35.5. The third kappa shape index (κ3) is 4.18. The molecule has 0 saturated carbocycles. The molecule has 1 aliphatic heterocycles. The number of alkyl halides is 3. The van der Waals surface area contributed by atoms with Gasteiger partial charge in [0.2, 0.25) is 0 Å². The second-order valence-electron chi connectivity index (χ2n) is 6.56. The summed E-state index contributed by atoms with van der Waals surface area (Å²) in [5.41, 5.74) is -0.345. The summed E-state index contributed by atoms with van der Waals surface area (Å²) < 4.78 is 39.8. The maximum atomic E-state index is 12.7. The zero-order valence-electron chi connectivity index (χ0n) is 14.9. The summed E-state index contributed by atoms with van der Waals surface area (Å²) in [7, 11) is 3.50. The lowest BCUT2D eigenvalue weighted by Gasteiger charge is -2.37. The van der Waals surface area contributed by atoms with Gasteiger partial charge in [-0.2, -0.15) is 18.3 Å². The zero-order valence-corrected chi connectivity index (χ0v) is 15.6. The fourth-order valence-corrected chi connectivity index (χ4v) is 3.47. The fraction of sp³-hybridized carbons (Fsp3) is 0.471. The number of aryl methyl sites for hydroxylation is 1. The van der Waals surface area contributed by atoms with Crippen LogP contribution >= 0.6 is 11.6 Å². The number of carbonyl (C=O) groups excluding carboxylic acids is 1. The number of amides is 1. The van der Waals surface area contributed by atoms with Crippen molar-refractivity contribution in [3.8, 4) is 0 Å². The monoisotopic (exact) mass is 401 g/mol. The molecular formula is C17H19ClF3N5O. The van der Waals surface area contributed by atoms with E-state index in [0.717, 1.165) is 12.3 Å². The van der Waals surface area contributed by atoms with Gasteiger partial charge >= 0.3 is 6.18 Å². The molecule has 0 aliphatic carbocycles.